The van der Waals surface area contributed by atoms with Crippen molar-refractivity contribution in [1.29, 1.82) is 0 Å². The van der Waals surface area contributed by atoms with Gasteiger partial charge in [-0.2, -0.15) is 0 Å². The number of methoxy groups -OCH3 is 1. The first-order chi connectivity index (χ1) is 9.74. The van der Waals surface area contributed by atoms with Crippen molar-refractivity contribution >= 4 is 5.97 Å². The van der Waals surface area contributed by atoms with Crippen LogP contribution in [0.1, 0.15) is 50.3 Å². The van der Waals surface area contributed by atoms with Crippen LogP contribution in [0.2, 0.25) is 0 Å². The summed E-state index contributed by atoms with van der Waals surface area (Å²) in [4.78, 5) is 10.9. The normalized spacial score (nSPS) is 21.2. The van der Waals surface area contributed by atoms with E-state index in [-0.39, 0.29) is 11.3 Å². The molecule has 0 amide bonds. The van der Waals surface area contributed by atoms with E-state index in [1.165, 1.54) is 16.7 Å². The van der Waals surface area contributed by atoms with Gasteiger partial charge in [0.05, 0.1) is 13.0 Å². The number of aliphatic carboxylic acids is 1. The summed E-state index contributed by atoms with van der Waals surface area (Å²) < 4.78 is 5.67. The van der Waals surface area contributed by atoms with Gasteiger partial charge >= 0.3 is 5.97 Å². The topological polar surface area (TPSA) is 46.5 Å². The standard InChI is InChI=1S/C18H26O3/c1-11-8-13(7-6-12-10-14(12)17(19)20)16(21-5)15(9-11)18(2,3)4/h8-9,12,14H,6-7,10H2,1-5H3,(H,19,20). The molecule has 1 fully saturated rings. The van der Waals surface area contributed by atoms with Gasteiger partial charge in [0.15, 0.2) is 0 Å². The largest absolute Gasteiger partial charge is 0.496 e. The van der Waals surface area contributed by atoms with Gasteiger partial charge in [0, 0.05) is 5.56 Å². The highest BCUT2D eigenvalue weighted by Gasteiger charge is 2.42. The second-order valence-corrected chi connectivity index (χ2v) is 7.23. The first-order valence-corrected chi connectivity index (χ1v) is 7.65. The fraction of sp³-hybridized carbons (Fsp3) is 0.611. The molecule has 21 heavy (non-hydrogen) atoms. The molecule has 1 aliphatic rings. The molecule has 1 aliphatic carbocycles. The maximum atomic E-state index is 10.9. The molecule has 1 aromatic carbocycles. The van der Waals surface area contributed by atoms with E-state index >= 15 is 0 Å². The Morgan fingerprint density at radius 1 is 1.38 bits per heavy atom. The van der Waals surface area contributed by atoms with Gasteiger partial charge < -0.3 is 9.84 Å². The molecular formula is C18H26O3. The van der Waals surface area contributed by atoms with Gasteiger partial charge in [-0.1, -0.05) is 38.5 Å². The summed E-state index contributed by atoms with van der Waals surface area (Å²) in [6, 6.07) is 4.37. The molecule has 1 N–H and O–H groups in total. The molecule has 0 aromatic heterocycles. The number of carbonyl (C=O) groups is 1. The molecule has 116 valence electrons. The first-order valence-electron chi connectivity index (χ1n) is 7.65. The van der Waals surface area contributed by atoms with Crippen LogP contribution in [-0.2, 0) is 16.6 Å². The van der Waals surface area contributed by atoms with Crippen LogP contribution in [0.25, 0.3) is 0 Å². The number of carboxylic acid groups (broad SMARTS) is 1. The van der Waals surface area contributed by atoms with Crippen molar-refractivity contribution in [3.63, 3.8) is 0 Å². The van der Waals surface area contributed by atoms with Crippen LogP contribution < -0.4 is 4.74 Å². The number of hydrogen-bond acceptors (Lipinski definition) is 2. The number of ether oxygens (including phenoxy) is 1. The summed E-state index contributed by atoms with van der Waals surface area (Å²) >= 11 is 0. The fourth-order valence-corrected chi connectivity index (χ4v) is 3.04. The van der Waals surface area contributed by atoms with Crippen LogP contribution in [0.4, 0.5) is 0 Å². The number of rotatable bonds is 5. The summed E-state index contributed by atoms with van der Waals surface area (Å²) in [6.07, 6.45) is 2.65. The minimum atomic E-state index is -0.647. The van der Waals surface area contributed by atoms with Crippen LogP contribution in [0.15, 0.2) is 12.1 Å². The van der Waals surface area contributed by atoms with Crippen LogP contribution in [-0.4, -0.2) is 18.2 Å². The lowest BCUT2D eigenvalue weighted by Gasteiger charge is -2.25. The molecule has 2 unspecified atom stereocenters. The summed E-state index contributed by atoms with van der Waals surface area (Å²) in [5.41, 5.74) is 3.71. The Kier molecular flexibility index (Phi) is 4.31. The Morgan fingerprint density at radius 3 is 2.52 bits per heavy atom. The molecule has 0 bridgehead atoms. The minimum Gasteiger partial charge on any atom is -0.496 e. The van der Waals surface area contributed by atoms with Gasteiger partial charge in [-0.25, -0.2) is 0 Å². The Bertz CT molecular complexity index is 540. The number of benzene rings is 1. The van der Waals surface area contributed by atoms with Crippen LogP contribution in [0, 0.1) is 18.8 Å². The van der Waals surface area contributed by atoms with Crippen molar-refractivity contribution in [3.05, 3.63) is 28.8 Å². The van der Waals surface area contributed by atoms with Gasteiger partial charge in [0.2, 0.25) is 0 Å². The number of carboxylic acids is 1. The van der Waals surface area contributed by atoms with Crippen LogP contribution in [0.3, 0.4) is 0 Å². The summed E-state index contributed by atoms with van der Waals surface area (Å²) in [6.45, 7) is 8.68. The molecular weight excluding hydrogens is 264 g/mol. The van der Waals surface area contributed by atoms with Crippen molar-refractivity contribution in [2.75, 3.05) is 7.11 Å². The van der Waals surface area contributed by atoms with E-state index in [1.807, 2.05) is 0 Å². The SMILES string of the molecule is COc1c(CCC2CC2C(=O)O)cc(C)cc1C(C)(C)C. The molecule has 2 rings (SSSR count). The molecule has 1 saturated carbocycles. The molecule has 0 saturated heterocycles. The smallest absolute Gasteiger partial charge is 0.306 e. The molecule has 3 heteroatoms. The van der Waals surface area contributed by atoms with Crippen molar-refractivity contribution < 1.29 is 14.6 Å². The zero-order valence-corrected chi connectivity index (χ0v) is 13.7. The zero-order valence-electron chi connectivity index (χ0n) is 13.7. The van der Waals surface area contributed by atoms with Crippen molar-refractivity contribution in [2.24, 2.45) is 11.8 Å². The maximum absolute atomic E-state index is 10.9. The molecule has 0 radical (unpaired) electrons. The predicted molar refractivity (Wildman–Crippen MR) is 84.0 cm³/mol. The number of aryl methyl sites for hydroxylation is 2. The van der Waals surface area contributed by atoms with Crippen LogP contribution >= 0.6 is 0 Å². The van der Waals surface area contributed by atoms with Gasteiger partial charge in [-0.3, -0.25) is 4.79 Å². The third kappa shape index (κ3) is 3.58. The molecule has 2 atom stereocenters. The molecule has 0 spiro atoms. The summed E-state index contributed by atoms with van der Waals surface area (Å²) in [5, 5.41) is 8.99. The second-order valence-electron chi connectivity index (χ2n) is 7.23. The monoisotopic (exact) mass is 290 g/mol. The first kappa shape index (κ1) is 15.9. The van der Waals surface area contributed by atoms with Crippen LogP contribution in [0.5, 0.6) is 5.75 Å². The lowest BCUT2D eigenvalue weighted by Crippen LogP contribution is -2.14. The zero-order chi connectivity index (χ0) is 15.8. The van der Waals surface area contributed by atoms with E-state index in [0.29, 0.717) is 5.92 Å². The Morgan fingerprint density at radius 2 is 2.05 bits per heavy atom. The van der Waals surface area contributed by atoms with E-state index in [0.717, 1.165) is 25.0 Å². The Balaban J connectivity index is 2.19. The summed E-state index contributed by atoms with van der Waals surface area (Å²) in [7, 11) is 1.72. The second kappa shape index (κ2) is 5.70. The molecule has 3 nitrogen and oxygen atoms in total. The van der Waals surface area contributed by atoms with E-state index < -0.39 is 5.97 Å². The van der Waals surface area contributed by atoms with E-state index in [4.69, 9.17) is 9.84 Å². The average Bonchev–Trinajstić information content (AvgIpc) is 3.14. The van der Waals surface area contributed by atoms with Crippen molar-refractivity contribution in [1.82, 2.24) is 0 Å². The van der Waals surface area contributed by atoms with Gasteiger partial charge in [-0.05, 0) is 43.1 Å². The predicted octanol–water partition coefficient (Wildman–Crippen LogP) is 3.95. The summed E-state index contributed by atoms with van der Waals surface area (Å²) in [5.74, 6) is 0.543. The fourth-order valence-electron chi connectivity index (χ4n) is 3.04. The van der Waals surface area contributed by atoms with E-state index in [1.54, 1.807) is 7.11 Å². The lowest BCUT2D eigenvalue weighted by molar-refractivity contribution is -0.138. The third-order valence-electron chi connectivity index (χ3n) is 4.35. The quantitative estimate of drug-likeness (QED) is 0.893. The maximum Gasteiger partial charge on any atom is 0.306 e. The highest BCUT2D eigenvalue weighted by molar-refractivity contribution is 5.73. The lowest BCUT2D eigenvalue weighted by atomic mass is 9.83. The van der Waals surface area contributed by atoms with Crippen molar-refractivity contribution in [2.45, 2.75) is 52.4 Å². The highest BCUT2D eigenvalue weighted by Crippen LogP contribution is 2.43. The van der Waals surface area contributed by atoms with Crippen molar-refractivity contribution in [3.8, 4) is 5.75 Å². The van der Waals surface area contributed by atoms with Gasteiger partial charge in [0.25, 0.3) is 0 Å². The average molecular weight is 290 g/mol. The van der Waals surface area contributed by atoms with E-state index in [9.17, 15) is 4.79 Å². The Labute approximate surface area is 127 Å². The van der Waals surface area contributed by atoms with Gasteiger partial charge in [-0.15, -0.1) is 0 Å². The highest BCUT2D eigenvalue weighted by atomic mass is 16.5. The molecule has 0 heterocycles. The van der Waals surface area contributed by atoms with Gasteiger partial charge in [0.1, 0.15) is 5.75 Å². The number of hydrogen-bond donors (Lipinski definition) is 1. The molecule has 0 aliphatic heterocycles. The minimum absolute atomic E-state index is 0.0370. The van der Waals surface area contributed by atoms with E-state index in [2.05, 4.69) is 39.8 Å². The molecule has 1 aromatic rings. The Hall–Kier alpha value is -1.51. The third-order valence-corrected chi connectivity index (χ3v) is 4.35.